The molecule has 0 heterocycles. The van der Waals surface area contributed by atoms with Crippen LogP contribution in [0.2, 0.25) is 5.02 Å². The second kappa shape index (κ2) is 10.4. The van der Waals surface area contributed by atoms with E-state index in [-0.39, 0.29) is 24.5 Å². The van der Waals surface area contributed by atoms with Gasteiger partial charge in [-0.2, -0.15) is 0 Å². The number of hydrogen-bond donors (Lipinski definition) is 2. The van der Waals surface area contributed by atoms with Crippen molar-refractivity contribution in [1.82, 2.24) is 4.72 Å². The van der Waals surface area contributed by atoms with E-state index in [1.807, 2.05) is 0 Å². The van der Waals surface area contributed by atoms with Crippen molar-refractivity contribution in [3.05, 3.63) is 70.3 Å². The number of ether oxygens (including phenoxy) is 1. The lowest BCUT2D eigenvalue weighted by molar-refractivity contribution is -0.138. The van der Waals surface area contributed by atoms with E-state index in [1.165, 1.54) is 12.1 Å². The average molecular weight is 466 g/mol. The Morgan fingerprint density at radius 1 is 1.03 bits per heavy atom. The van der Waals surface area contributed by atoms with E-state index in [0.29, 0.717) is 27.3 Å². The predicted octanol–water partition coefficient (Wildman–Crippen LogP) is 4.16. The van der Waals surface area contributed by atoms with Crippen LogP contribution in [0.4, 0.5) is 0 Å². The Kier molecular flexibility index (Phi) is 8.42. The molecule has 0 atom stereocenters. The highest BCUT2D eigenvalue weighted by molar-refractivity contribution is 7.89. The Morgan fingerprint density at radius 2 is 1.55 bits per heavy atom. The third-order valence-electron chi connectivity index (χ3n) is 4.21. The molecule has 0 aromatic heterocycles. The number of sulfonamides is 1. The van der Waals surface area contributed by atoms with Gasteiger partial charge in [0.15, 0.2) is 0 Å². The number of esters is 1. The van der Waals surface area contributed by atoms with Crippen molar-refractivity contribution in [2.45, 2.75) is 44.6 Å². The number of carbonyl (C=O) groups excluding carboxylic acids is 1. The minimum Gasteiger partial charge on any atom is -0.463 e. The van der Waals surface area contributed by atoms with E-state index < -0.39 is 21.5 Å². The molecule has 0 aliphatic heterocycles. The summed E-state index contributed by atoms with van der Waals surface area (Å²) in [6.07, 6.45) is 0.0857. The molecule has 0 aliphatic carbocycles. The molecule has 2 aromatic rings. The molecule has 168 valence electrons. The van der Waals surface area contributed by atoms with Crippen molar-refractivity contribution in [1.29, 1.82) is 0 Å². The normalized spacial score (nSPS) is 13.0. The fourth-order valence-electron chi connectivity index (χ4n) is 3.05. The standard InChI is InChI=1S/C23H28ClNO5S/c1-5-30-22(27)20(14-15-26)21(16-6-10-18(24)11-7-16)17-8-12-19(13-9-17)31(28,29)25-23(2,3)4/h6-13,25-26H,5,14-15H2,1-4H3/b21-20+. The minimum absolute atomic E-state index is 0.0857. The van der Waals surface area contributed by atoms with Crippen molar-refractivity contribution >= 4 is 33.2 Å². The number of carbonyl (C=O) groups is 1. The maximum absolute atomic E-state index is 12.6. The molecule has 6 nitrogen and oxygen atoms in total. The summed E-state index contributed by atoms with van der Waals surface area (Å²) in [4.78, 5) is 12.8. The zero-order valence-electron chi connectivity index (χ0n) is 18.1. The van der Waals surface area contributed by atoms with E-state index in [2.05, 4.69) is 4.72 Å². The zero-order valence-corrected chi connectivity index (χ0v) is 19.7. The monoisotopic (exact) mass is 465 g/mol. The predicted molar refractivity (Wildman–Crippen MR) is 122 cm³/mol. The number of aliphatic hydroxyl groups excluding tert-OH is 1. The summed E-state index contributed by atoms with van der Waals surface area (Å²) in [6, 6.07) is 13.2. The lowest BCUT2D eigenvalue weighted by Gasteiger charge is -2.20. The molecule has 2 N–H and O–H groups in total. The van der Waals surface area contributed by atoms with Gasteiger partial charge in [-0.05, 0) is 68.7 Å². The first-order valence-corrected chi connectivity index (χ1v) is 11.8. The van der Waals surface area contributed by atoms with Crippen molar-refractivity contribution in [3.8, 4) is 0 Å². The number of hydrogen-bond acceptors (Lipinski definition) is 5. The third-order valence-corrected chi connectivity index (χ3v) is 6.24. The van der Waals surface area contributed by atoms with Gasteiger partial charge in [0, 0.05) is 29.2 Å². The highest BCUT2D eigenvalue weighted by Crippen LogP contribution is 2.31. The molecule has 0 amide bonds. The average Bonchev–Trinajstić information content (AvgIpc) is 2.68. The molecule has 0 spiro atoms. The number of halogens is 1. The van der Waals surface area contributed by atoms with Crippen LogP contribution in [0.1, 0.15) is 45.2 Å². The summed E-state index contributed by atoms with van der Waals surface area (Å²) in [5.41, 5.74) is 1.55. The smallest absolute Gasteiger partial charge is 0.334 e. The molecular weight excluding hydrogens is 438 g/mol. The van der Waals surface area contributed by atoms with Gasteiger partial charge in [0.25, 0.3) is 0 Å². The van der Waals surface area contributed by atoms with Gasteiger partial charge in [-0.25, -0.2) is 17.9 Å². The molecule has 0 saturated carbocycles. The third kappa shape index (κ3) is 6.90. The van der Waals surface area contributed by atoms with Gasteiger partial charge in [-0.1, -0.05) is 35.9 Å². The molecule has 0 radical (unpaired) electrons. The molecular formula is C23H28ClNO5S. The Hall–Kier alpha value is -2.19. The Labute approximate surface area is 188 Å². The van der Waals surface area contributed by atoms with Gasteiger partial charge in [-0.15, -0.1) is 0 Å². The van der Waals surface area contributed by atoms with Gasteiger partial charge < -0.3 is 9.84 Å². The second-order valence-corrected chi connectivity index (χ2v) is 10.1. The second-order valence-electron chi connectivity index (χ2n) is 7.93. The van der Waals surface area contributed by atoms with E-state index in [0.717, 1.165) is 0 Å². The molecule has 0 saturated heterocycles. The highest BCUT2D eigenvalue weighted by Gasteiger charge is 2.23. The number of nitrogens with one attached hydrogen (secondary N) is 1. The van der Waals surface area contributed by atoms with Crippen LogP contribution in [-0.2, 0) is 19.6 Å². The van der Waals surface area contributed by atoms with Gasteiger partial charge in [0.2, 0.25) is 10.0 Å². The summed E-state index contributed by atoms with van der Waals surface area (Å²) < 4.78 is 33.1. The molecule has 31 heavy (non-hydrogen) atoms. The molecule has 2 aromatic carbocycles. The number of benzene rings is 2. The van der Waals surface area contributed by atoms with Crippen molar-refractivity contribution in [2.75, 3.05) is 13.2 Å². The molecule has 0 unspecified atom stereocenters. The van der Waals surface area contributed by atoms with Gasteiger partial charge in [-0.3, -0.25) is 0 Å². The molecule has 0 bridgehead atoms. The fraction of sp³-hybridized carbons (Fsp3) is 0.348. The maximum Gasteiger partial charge on any atom is 0.334 e. The van der Waals surface area contributed by atoms with E-state index >= 15 is 0 Å². The summed E-state index contributed by atoms with van der Waals surface area (Å²) in [6.45, 7) is 6.95. The molecule has 0 fully saturated rings. The van der Waals surface area contributed by atoms with Crippen molar-refractivity contribution < 1.29 is 23.1 Å². The number of aliphatic hydroxyl groups is 1. The lowest BCUT2D eigenvalue weighted by atomic mass is 9.91. The zero-order chi connectivity index (χ0) is 23.2. The largest absolute Gasteiger partial charge is 0.463 e. The Balaban J connectivity index is 2.63. The van der Waals surface area contributed by atoms with Crippen molar-refractivity contribution in [3.63, 3.8) is 0 Å². The SMILES string of the molecule is CCOC(=O)/C(CCO)=C(\c1ccc(Cl)cc1)c1ccc(S(=O)(=O)NC(C)(C)C)cc1. The van der Waals surface area contributed by atoms with Crippen LogP contribution in [-0.4, -0.2) is 38.2 Å². The van der Waals surface area contributed by atoms with Gasteiger partial charge in [0.1, 0.15) is 0 Å². The minimum atomic E-state index is -3.70. The summed E-state index contributed by atoms with van der Waals surface area (Å²) in [5.74, 6) is -0.535. The van der Waals surface area contributed by atoms with E-state index in [1.54, 1.807) is 64.1 Å². The van der Waals surface area contributed by atoms with Crippen LogP contribution < -0.4 is 4.72 Å². The quantitative estimate of drug-likeness (QED) is 0.451. The summed E-state index contributed by atoms with van der Waals surface area (Å²) >= 11 is 6.02. The number of rotatable bonds is 8. The van der Waals surface area contributed by atoms with Crippen LogP contribution in [0.5, 0.6) is 0 Å². The van der Waals surface area contributed by atoms with Crippen LogP contribution in [0.25, 0.3) is 5.57 Å². The van der Waals surface area contributed by atoms with Crippen molar-refractivity contribution in [2.24, 2.45) is 0 Å². The summed E-state index contributed by atoms with van der Waals surface area (Å²) in [5, 5.41) is 10.1. The van der Waals surface area contributed by atoms with Crippen LogP contribution in [0.15, 0.2) is 59.0 Å². The van der Waals surface area contributed by atoms with Gasteiger partial charge >= 0.3 is 5.97 Å². The molecule has 2 rings (SSSR count). The maximum atomic E-state index is 12.6. The van der Waals surface area contributed by atoms with E-state index in [4.69, 9.17) is 16.3 Å². The Morgan fingerprint density at radius 3 is 2.00 bits per heavy atom. The van der Waals surface area contributed by atoms with Gasteiger partial charge in [0.05, 0.1) is 11.5 Å². The lowest BCUT2D eigenvalue weighted by Crippen LogP contribution is -2.40. The molecule has 8 heteroatoms. The first-order valence-electron chi connectivity index (χ1n) is 9.90. The highest BCUT2D eigenvalue weighted by atomic mass is 35.5. The summed E-state index contributed by atoms with van der Waals surface area (Å²) in [7, 11) is -3.70. The first kappa shape index (κ1) is 25.1. The van der Waals surface area contributed by atoms with Crippen LogP contribution >= 0.6 is 11.6 Å². The topological polar surface area (TPSA) is 92.7 Å². The van der Waals surface area contributed by atoms with E-state index in [9.17, 15) is 18.3 Å². The van der Waals surface area contributed by atoms with Crippen LogP contribution in [0.3, 0.4) is 0 Å². The first-order chi connectivity index (χ1) is 14.5. The van der Waals surface area contributed by atoms with Crippen LogP contribution in [0, 0.1) is 0 Å². The Bertz CT molecular complexity index is 1040. The fourth-order valence-corrected chi connectivity index (χ4v) is 4.60. The molecule has 0 aliphatic rings.